The van der Waals surface area contributed by atoms with Gasteiger partial charge in [-0.2, -0.15) is 5.26 Å². The molecule has 0 aliphatic carbocycles. The van der Waals surface area contributed by atoms with Crippen molar-refractivity contribution in [2.45, 2.75) is 32.7 Å². The van der Waals surface area contributed by atoms with E-state index in [4.69, 9.17) is 10.8 Å². The van der Waals surface area contributed by atoms with Gasteiger partial charge >= 0.3 is 0 Å². The Labute approximate surface area is 84.9 Å². The molecule has 5 heteroatoms. The highest BCUT2D eigenvalue weighted by Crippen LogP contribution is 2.01. The largest absolute Gasteiger partial charge is 0.300 e. The van der Waals surface area contributed by atoms with Gasteiger partial charge in [-0.1, -0.05) is 5.11 Å². The van der Waals surface area contributed by atoms with Crippen LogP contribution in [0.3, 0.4) is 0 Å². The SMILES string of the molecule is CC(C)N(CCC#N)CCCN=[N+]=[N-]. The molecule has 0 aromatic heterocycles. The zero-order valence-corrected chi connectivity index (χ0v) is 8.85. The van der Waals surface area contributed by atoms with Gasteiger partial charge < -0.3 is 0 Å². The molecule has 0 saturated heterocycles. The van der Waals surface area contributed by atoms with E-state index >= 15 is 0 Å². The highest BCUT2D eigenvalue weighted by Gasteiger charge is 2.07. The fraction of sp³-hybridized carbons (Fsp3) is 0.889. The summed E-state index contributed by atoms with van der Waals surface area (Å²) in [7, 11) is 0. The number of hydrogen-bond donors (Lipinski definition) is 0. The summed E-state index contributed by atoms with van der Waals surface area (Å²) in [6, 6.07) is 2.57. The summed E-state index contributed by atoms with van der Waals surface area (Å²) in [5.41, 5.74) is 8.08. The molecule has 5 nitrogen and oxygen atoms in total. The molecule has 0 rings (SSSR count). The summed E-state index contributed by atoms with van der Waals surface area (Å²) in [6.07, 6.45) is 1.41. The highest BCUT2D eigenvalue weighted by atomic mass is 15.2. The lowest BCUT2D eigenvalue weighted by Gasteiger charge is -2.24. The minimum Gasteiger partial charge on any atom is -0.300 e. The van der Waals surface area contributed by atoms with Crippen LogP contribution in [0, 0.1) is 11.3 Å². The Hall–Kier alpha value is -1.24. The van der Waals surface area contributed by atoms with Crippen LogP contribution in [-0.4, -0.2) is 30.6 Å². The van der Waals surface area contributed by atoms with E-state index < -0.39 is 0 Å². The van der Waals surface area contributed by atoms with E-state index in [2.05, 4.69) is 34.8 Å². The van der Waals surface area contributed by atoms with Crippen LogP contribution < -0.4 is 0 Å². The molecule has 0 aliphatic heterocycles. The Morgan fingerprint density at radius 3 is 2.71 bits per heavy atom. The molecule has 0 bridgehead atoms. The average Bonchev–Trinajstić information content (AvgIpc) is 2.16. The van der Waals surface area contributed by atoms with Gasteiger partial charge in [0.05, 0.1) is 6.07 Å². The number of nitriles is 1. The van der Waals surface area contributed by atoms with Gasteiger partial charge in [-0.05, 0) is 32.3 Å². The molecule has 0 fully saturated rings. The standard InChI is InChI=1S/C9H17N5/c1-9(2)14(7-3-5-10)8-4-6-12-13-11/h9H,3-4,6-8H2,1-2H3. The third kappa shape index (κ3) is 6.30. The Morgan fingerprint density at radius 1 is 1.50 bits per heavy atom. The number of azide groups is 1. The first-order valence-corrected chi connectivity index (χ1v) is 4.84. The van der Waals surface area contributed by atoms with Gasteiger partial charge in [-0.3, -0.25) is 4.90 Å². The van der Waals surface area contributed by atoms with Crippen molar-refractivity contribution in [2.24, 2.45) is 5.11 Å². The summed E-state index contributed by atoms with van der Waals surface area (Å²) in [5, 5.41) is 11.9. The van der Waals surface area contributed by atoms with Gasteiger partial charge in [-0.25, -0.2) is 0 Å². The van der Waals surface area contributed by atoms with Gasteiger partial charge in [0.15, 0.2) is 0 Å². The predicted molar refractivity (Wildman–Crippen MR) is 55.6 cm³/mol. The fourth-order valence-corrected chi connectivity index (χ4v) is 1.21. The Kier molecular flexibility index (Phi) is 7.62. The molecule has 0 spiro atoms. The topological polar surface area (TPSA) is 75.8 Å². The Balaban J connectivity index is 3.73. The van der Waals surface area contributed by atoms with Gasteiger partial charge in [-0.15, -0.1) is 0 Å². The van der Waals surface area contributed by atoms with E-state index in [0.717, 1.165) is 19.5 Å². The van der Waals surface area contributed by atoms with Crippen molar-refractivity contribution in [1.29, 1.82) is 5.26 Å². The molecular weight excluding hydrogens is 178 g/mol. The van der Waals surface area contributed by atoms with Gasteiger partial charge in [0.25, 0.3) is 0 Å². The quantitative estimate of drug-likeness (QED) is 0.270. The van der Waals surface area contributed by atoms with Gasteiger partial charge in [0.2, 0.25) is 0 Å². The van der Waals surface area contributed by atoms with E-state index in [1.807, 2.05) is 0 Å². The Morgan fingerprint density at radius 2 is 2.21 bits per heavy atom. The van der Waals surface area contributed by atoms with Crippen molar-refractivity contribution in [3.63, 3.8) is 0 Å². The zero-order chi connectivity index (χ0) is 10.8. The first kappa shape index (κ1) is 12.8. The van der Waals surface area contributed by atoms with Crippen LogP contribution in [0.4, 0.5) is 0 Å². The summed E-state index contributed by atoms with van der Waals surface area (Å²) in [5.74, 6) is 0. The highest BCUT2D eigenvalue weighted by molar-refractivity contribution is 4.74. The molecule has 0 aromatic rings. The predicted octanol–water partition coefficient (Wildman–Crippen LogP) is 2.31. The van der Waals surface area contributed by atoms with E-state index in [1.54, 1.807) is 0 Å². The molecule has 0 unspecified atom stereocenters. The monoisotopic (exact) mass is 195 g/mol. The van der Waals surface area contributed by atoms with Crippen LogP contribution in [0.5, 0.6) is 0 Å². The minimum atomic E-state index is 0.439. The van der Waals surface area contributed by atoms with Crippen LogP contribution in [0.25, 0.3) is 10.4 Å². The molecule has 0 saturated carbocycles. The maximum atomic E-state index is 8.46. The van der Waals surface area contributed by atoms with E-state index in [9.17, 15) is 0 Å². The third-order valence-corrected chi connectivity index (χ3v) is 2.01. The third-order valence-electron chi connectivity index (χ3n) is 2.01. The molecule has 78 valence electrons. The molecular formula is C9H17N5. The van der Waals surface area contributed by atoms with Crippen molar-refractivity contribution in [1.82, 2.24) is 4.90 Å². The van der Waals surface area contributed by atoms with Gasteiger partial charge in [0.1, 0.15) is 0 Å². The average molecular weight is 195 g/mol. The molecule has 0 amide bonds. The maximum Gasteiger partial charge on any atom is 0.0635 e. The maximum absolute atomic E-state index is 8.46. The van der Waals surface area contributed by atoms with E-state index in [0.29, 0.717) is 19.0 Å². The molecule has 0 aromatic carbocycles. The number of hydrogen-bond acceptors (Lipinski definition) is 3. The zero-order valence-electron chi connectivity index (χ0n) is 8.85. The first-order valence-electron chi connectivity index (χ1n) is 4.84. The second-order valence-electron chi connectivity index (χ2n) is 3.35. The van der Waals surface area contributed by atoms with E-state index in [1.165, 1.54) is 0 Å². The fourth-order valence-electron chi connectivity index (χ4n) is 1.21. The number of rotatable bonds is 7. The lowest BCUT2D eigenvalue weighted by molar-refractivity contribution is 0.225. The smallest absolute Gasteiger partial charge is 0.0635 e. The van der Waals surface area contributed by atoms with Crippen molar-refractivity contribution in [2.75, 3.05) is 19.6 Å². The normalized spacial score (nSPS) is 9.93. The number of nitrogens with zero attached hydrogens (tertiary/aromatic N) is 5. The van der Waals surface area contributed by atoms with Crippen LogP contribution >= 0.6 is 0 Å². The van der Waals surface area contributed by atoms with Crippen molar-refractivity contribution >= 4 is 0 Å². The summed E-state index contributed by atoms with van der Waals surface area (Å²) < 4.78 is 0. The molecule has 0 aliphatic rings. The molecule has 0 N–H and O–H groups in total. The van der Waals surface area contributed by atoms with Crippen molar-refractivity contribution in [3.8, 4) is 6.07 Å². The van der Waals surface area contributed by atoms with Gasteiger partial charge in [0, 0.05) is 30.5 Å². The second-order valence-corrected chi connectivity index (χ2v) is 3.35. The molecule has 14 heavy (non-hydrogen) atoms. The van der Waals surface area contributed by atoms with Crippen molar-refractivity contribution in [3.05, 3.63) is 10.4 Å². The minimum absolute atomic E-state index is 0.439. The summed E-state index contributed by atoms with van der Waals surface area (Å²) in [6.45, 7) is 6.42. The molecule has 0 radical (unpaired) electrons. The van der Waals surface area contributed by atoms with Crippen LogP contribution in [0.15, 0.2) is 5.11 Å². The summed E-state index contributed by atoms with van der Waals surface area (Å²) >= 11 is 0. The van der Waals surface area contributed by atoms with Crippen molar-refractivity contribution < 1.29 is 0 Å². The second kappa shape index (κ2) is 8.36. The lowest BCUT2D eigenvalue weighted by atomic mass is 10.2. The first-order chi connectivity index (χ1) is 6.72. The molecule has 0 atom stereocenters. The molecule has 0 heterocycles. The Bertz CT molecular complexity index is 224. The van der Waals surface area contributed by atoms with Crippen LogP contribution in [0.1, 0.15) is 26.7 Å². The van der Waals surface area contributed by atoms with E-state index in [-0.39, 0.29) is 0 Å². The van der Waals surface area contributed by atoms with Crippen LogP contribution in [-0.2, 0) is 0 Å². The lowest BCUT2D eigenvalue weighted by Crippen LogP contribution is -2.32. The van der Waals surface area contributed by atoms with Crippen LogP contribution in [0.2, 0.25) is 0 Å². The summed E-state index contributed by atoms with van der Waals surface area (Å²) in [4.78, 5) is 4.91.